The van der Waals surface area contributed by atoms with Crippen LogP contribution < -0.4 is 5.56 Å². The number of aromatic amines is 1. The third kappa shape index (κ3) is 3.56. The largest absolute Gasteiger partial charge is 0.486 e. The van der Waals surface area contributed by atoms with Crippen LogP contribution in [0.4, 0.5) is 0 Å². The highest BCUT2D eigenvalue weighted by atomic mass is 16.5. The lowest BCUT2D eigenvalue weighted by Crippen LogP contribution is -2.51. The summed E-state index contributed by atoms with van der Waals surface area (Å²) in [6.07, 6.45) is 11.9. The number of ether oxygens (including phenoxy) is 1. The SMILES string of the molecule is CCc1cc2ncc(CN3CC(OC4=CN(C5CC5)CC=C4)C3)cc2[nH]c1=O. The molecular formula is C22H26N4O2. The van der Waals surface area contributed by atoms with Crippen molar-refractivity contribution in [1.82, 2.24) is 19.8 Å². The maximum absolute atomic E-state index is 12.0. The van der Waals surface area contributed by atoms with E-state index in [0.29, 0.717) is 6.42 Å². The van der Waals surface area contributed by atoms with Gasteiger partial charge in [0, 0.05) is 50.2 Å². The first-order valence-electron chi connectivity index (χ1n) is 10.2. The maximum atomic E-state index is 12.0. The van der Waals surface area contributed by atoms with Gasteiger partial charge in [-0.15, -0.1) is 0 Å². The zero-order valence-corrected chi connectivity index (χ0v) is 16.2. The fourth-order valence-electron chi connectivity index (χ4n) is 3.97. The summed E-state index contributed by atoms with van der Waals surface area (Å²) in [7, 11) is 0. The molecule has 1 saturated heterocycles. The van der Waals surface area contributed by atoms with Crippen LogP contribution in [0.5, 0.6) is 0 Å². The second kappa shape index (κ2) is 7.09. The van der Waals surface area contributed by atoms with Gasteiger partial charge in [-0.05, 0) is 43.0 Å². The van der Waals surface area contributed by atoms with Crippen molar-refractivity contribution in [3.8, 4) is 0 Å². The van der Waals surface area contributed by atoms with E-state index in [1.165, 1.54) is 12.8 Å². The third-order valence-electron chi connectivity index (χ3n) is 5.75. The lowest BCUT2D eigenvalue weighted by molar-refractivity contribution is -0.0237. The van der Waals surface area contributed by atoms with Gasteiger partial charge in [0.1, 0.15) is 11.9 Å². The number of allylic oxidation sites excluding steroid dienone is 1. The van der Waals surface area contributed by atoms with Gasteiger partial charge in [-0.3, -0.25) is 14.7 Å². The van der Waals surface area contributed by atoms with Crippen molar-refractivity contribution < 1.29 is 4.74 Å². The number of aromatic nitrogens is 2. The van der Waals surface area contributed by atoms with Crippen molar-refractivity contribution in [2.45, 2.75) is 44.9 Å². The second-order valence-electron chi connectivity index (χ2n) is 8.05. The Bertz CT molecular complexity index is 999. The van der Waals surface area contributed by atoms with E-state index in [0.717, 1.165) is 60.1 Å². The number of hydrogen-bond acceptors (Lipinski definition) is 5. The average molecular weight is 378 g/mol. The van der Waals surface area contributed by atoms with E-state index >= 15 is 0 Å². The molecule has 3 aliphatic rings. The van der Waals surface area contributed by atoms with Gasteiger partial charge in [-0.1, -0.05) is 13.0 Å². The topological polar surface area (TPSA) is 61.5 Å². The molecule has 1 N–H and O–H groups in total. The number of rotatable bonds is 6. The summed E-state index contributed by atoms with van der Waals surface area (Å²) in [6.45, 7) is 5.64. The minimum absolute atomic E-state index is 0.0135. The van der Waals surface area contributed by atoms with Crippen molar-refractivity contribution in [3.63, 3.8) is 0 Å². The van der Waals surface area contributed by atoms with Crippen molar-refractivity contribution >= 4 is 11.0 Å². The molecule has 0 atom stereocenters. The van der Waals surface area contributed by atoms with Gasteiger partial charge in [0.15, 0.2) is 0 Å². The first-order chi connectivity index (χ1) is 13.7. The van der Waals surface area contributed by atoms with Gasteiger partial charge in [-0.2, -0.15) is 0 Å². The lowest BCUT2D eigenvalue weighted by atomic mass is 10.1. The van der Waals surface area contributed by atoms with E-state index in [4.69, 9.17) is 4.74 Å². The van der Waals surface area contributed by atoms with E-state index < -0.39 is 0 Å². The molecule has 0 radical (unpaired) electrons. The van der Waals surface area contributed by atoms with Gasteiger partial charge >= 0.3 is 0 Å². The minimum atomic E-state index is -0.0135. The number of nitrogens with zero attached hydrogens (tertiary/aromatic N) is 3. The number of nitrogens with one attached hydrogen (secondary N) is 1. The number of fused-ring (bicyclic) bond motifs is 1. The van der Waals surface area contributed by atoms with Gasteiger partial charge in [0.05, 0.1) is 11.0 Å². The molecule has 2 fully saturated rings. The van der Waals surface area contributed by atoms with E-state index in [1.807, 2.05) is 25.3 Å². The molecule has 0 bridgehead atoms. The van der Waals surface area contributed by atoms with Gasteiger partial charge < -0.3 is 14.6 Å². The molecular weight excluding hydrogens is 352 g/mol. The minimum Gasteiger partial charge on any atom is -0.486 e. The van der Waals surface area contributed by atoms with Gasteiger partial charge in [0.2, 0.25) is 0 Å². The number of likely N-dealkylation sites (tertiary alicyclic amines) is 1. The van der Waals surface area contributed by atoms with Crippen molar-refractivity contribution in [1.29, 1.82) is 0 Å². The molecule has 1 aliphatic carbocycles. The van der Waals surface area contributed by atoms with Gasteiger partial charge in [0.25, 0.3) is 5.56 Å². The maximum Gasteiger partial charge on any atom is 0.251 e. The third-order valence-corrected chi connectivity index (χ3v) is 5.75. The molecule has 4 heterocycles. The fourth-order valence-corrected chi connectivity index (χ4v) is 3.97. The first-order valence-corrected chi connectivity index (χ1v) is 10.2. The van der Waals surface area contributed by atoms with Crippen LogP contribution in [-0.2, 0) is 17.7 Å². The second-order valence-corrected chi connectivity index (χ2v) is 8.05. The molecule has 2 aromatic heterocycles. The first kappa shape index (κ1) is 17.5. The Morgan fingerprint density at radius 1 is 1.29 bits per heavy atom. The summed E-state index contributed by atoms with van der Waals surface area (Å²) in [5.41, 5.74) is 3.54. The van der Waals surface area contributed by atoms with Crippen LogP contribution in [0, 0.1) is 0 Å². The van der Waals surface area contributed by atoms with Crippen LogP contribution in [0.25, 0.3) is 11.0 Å². The predicted molar refractivity (Wildman–Crippen MR) is 109 cm³/mol. The van der Waals surface area contributed by atoms with Crippen molar-refractivity contribution in [2.75, 3.05) is 19.6 Å². The van der Waals surface area contributed by atoms with Gasteiger partial charge in [-0.25, -0.2) is 0 Å². The Morgan fingerprint density at radius 2 is 2.14 bits per heavy atom. The molecule has 6 nitrogen and oxygen atoms in total. The van der Waals surface area contributed by atoms with E-state index in [1.54, 1.807) is 0 Å². The Kier molecular flexibility index (Phi) is 4.43. The molecule has 6 heteroatoms. The number of hydrogen-bond donors (Lipinski definition) is 1. The zero-order chi connectivity index (χ0) is 19.1. The van der Waals surface area contributed by atoms with Crippen LogP contribution in [0.3, 0.4) is 0 Å². The molecule has 0 aromatic carbocycles. The van der Waals surface area contributed by atoms with E-state index in [2.05, 4.69) is 38.1 Å². The highest BCUT2D eigenvalue weighted by molar-refractivity contribution is 5.74. The Morgan fingerprint density at radius 3 is 2.93 bits per heavy atom. The lowest BCUT2D eigenvalue weighted by Gasteiger charge is -2.39. The van der Waals surface area contributed by atoms with Crippen LogP contribution in [0.15, 0.2) is 47.2 Å². The summed E-state index contributed by atoms with van der Waals surface area (Å²) in [5.74, 6) is 0.986. The van der Waals surface area contributed by atoms with Crippen LogP contribution in [0.2, 0.25) is 0 Å². The van der Waals surface area contributed by atoms with E-state index in [9.17, 15) is 4.79 Å². The van der Waals surface area contributed by atoms with Crippen LogP contribution in [0.1, 0.15) is 30.9 Å². The molecule has 0 amide bonds. The molecule has 0 unspecified atom stereocenters. The molecule has 2 aromatic rings. The average Bonchev–Trinajstić information content (AvgIpc) is 3.51. The fraction of sp³-hybridized carbons (Fsp3) is 0.455. The monoisotopic (exact) mass is 378 g/mol. The number of pyridine rings is 2. The summed E-state index contributed by atoms with van der Waals surface area (Å²) in [4.78, 5) is 24.3. The highest BCUT2D eigenvalue weighted by Crippen LogP contribution is 2.29. The molecule has 28 heavy (non-hydrogen) atoms. The Hall–Kier alpha value is -2.60. The molecule has 0 spiro atoms. The Balaban J connectivity index is 1.18. The Labute approximate surface area is 164 Å². The van der Waals surface area contributed by atoms with E-state index in [-0.39, 0.29) is 11.7 Å². The summed E-state index contributed by atoms with van der Waals surface area (Å²) in [5, 5.41) is 0. The van der Waals surface area contributed by atoms with Crippen LogP contribution in [-0.4, -0.2) is 51.5 Å². The zero-order valence-electron chi connectivity index (χ0n) is 16.2. The highest BCUT2D eigenvalue weighted by Gasteiger charge is 2.31. The predicted octanol–water partition coefficient (Wildman–Crippen LogP) is 2.56. The smallest absolute Gasteiger partial charge is 0.251 e. The molecule has 5 rings (SSSR count). The molecule has 1 saturated carbocycles. The normalized spacial score (nSPS) is 20.3. The van der Waals surface area contributed by atoms with Crippen molar-refractivity contribution in [2.24, 2.45) is 0 Å². The number of aryl methyl sites for hydroxylation is 1. The summed E-state index contributed by atoms with van der Waals surface area (Å²) in [6, 6.07) is 4.65. The number of H-pyrrole nitrogens is 1. The summed E-state index contributed by atoms with van der Waals surface area (Å²) < 4.78 is 6.14. The quantitative estimate of drug-likeness (QED) is 0.837. The summed E-state index contributed by atoms with van der Waals surface area (Å²) >= 11 is 0. The standard InChI is InChI=1S/C22H26N4O2/c1-2-16-9-20-21(24-22(16)27)8-15(10-23-20)11-25-12-19(13-25)28-18-4-3-7-26(14-18)17-5-6-17/h3-4,8-10,14,17,19H,2,5-7,11-13H2,1H3,(H,24,27). The van der Waals surface area contributed by atoms with Crippen LogP contribution >= 0.6 is 0 Å². The molecule has 146 valence electrons. The molecule has 2 aliphatic heterocycles. The van der Waals surface area contributed by atoms with Crippen molar-refractivity contribution in [3.05, 3.63) is 63.9 Å².